The minimum absolute atomic E-state index is 0.129. The molecule has 3 aromatic rings. The first kappa shape index (κ1) is 18.4. The van der Waals surface area contributed by atoms with E-state index < -0.39 is 11.4 Å². The molecule has 8 nitrogen and oxygen atoms in total. The highest BCUT2D eigenvalue weighted by Gasteiger charge is 2.17. The second-order valence-corrected chi connectivity index (χ2v) is 5.94. The van der Waals surface area contributed by atoms with E-state index in [-0.39, 0.29) is 24.1 Å². The van der Waals surface area contributed by atoms with Crippen molar-refractivity contribution in [2.75, 3.05) is 24.3 Å². The summed E-state index contributed by atoms with van der Waals surface area (Å²) >= 11 is 0. The van der Waals surface area contributed by atoms with Crippen LogP contribution in [-0.4, -0.2) is 39.4 Å². The van der Waals surface area contributed by atoms with E-state index in [4.69, 9.17) is 0 Å². The number of aromatic nitrogens is 2. The first-order valence-electron chi connectivity index (χ1n) is 8.43. The van der Waals surface area contributed by atoms with Crippen molar-refractivity contribution in [1.82, 2.24) is 9.55 Å². The smallest absolute Gasteiger partial charge is 0.341 e. The number of carbonyl (C=O) groups is 1. The average molecular weight is 368 g/mol. The summed E-state index contributed by atoms with van der Waals surface area (Å²) < 4.78 is 1.47. The fraction of sp³-hybridized carbons (Fsp3) is 0.211. The van der Waals surface area contributed by atoms with Gasteiger partial charge in [-0.15, -0.1) is 0 Å². The molecule has 8 heteroatoms. The standard InChI is InChI=1S/C19H20N4O4/c1-20-17-15(21-10-12-5-3-2-4-6-12)9-13-16(25)14(19(26)27)11-23(7-8-24)18(13)22-17/h2-6,9,11,21,24H,7-8,10H2,1H3,(H,20,22)(H,26,27). The second-order valence-electron chi connectivity index (χ2n) is 5.94. The van der Waals surface area contributed by atoms with Crippen molar-refractivity contribution >= 4 is 28.5 Å². The first-order chi connectivity index (χ1) is 13.0. The Morgan fingerprint density at radius 1 is 1.26 bits per heavy atom. The summed E-state index contributed by atoms with van der Waals surface area (Å²) in [6, 6.07) is 11.3. The number of hydrogen-bond acceptors (Lipinski definition) is 6. The number of nitrogens with zero attached hydrogens (tertiary/aromatic N) is 2. The fourth-order valence-corrected chi connectivity index (χ4v) is 2.86. The van der Waals surface area contributed by atoms with Gasteiger partial charge in [0.2, 0.25) is 5.43 Å². The molecule has 0 saturated heterocycles. The normalized spacial score (nSPS) is 10.7. The summed E-state index contributed by atoms with van der Waals surface area (Å²) in [4.78, 5) is 28.5. The van der Waals surface area contributed by atoms with Crippen LogP contribution in [-0.2, 0) is 13.1 Å². The van der Waals surface area contributed by atoms with Crippen molar-refractivity contribution in [3.63, 3.8) is 0 Å². The molecule has 0 amide bonds. The Labute approximate surface area is 155 Å². The summed E-state index contributed by atoms with van der Waals surface area (Å²) in [5.41, 5.74) is 0.989. The Balaban J connectivity index is 2.13. The lowest BCUT2D eigenvalue weighted by atomic mass is 10.1. The SMILES string of the molecule is CNc1nc2c(cc1NCc1ccccc1)c(=O)c(C(=O)O)cn2CCO. The predicted octanol–water partition coefficient (Wildman–Crippen LogP) is 1.74. The second kappa shape index (κ2) is 7.88. The van der Waals surface area contributed by atoms with Crippen molar-refractivity contribution in [3.05, 3.63) is 63.9 Å². The van der Waals surface area contributed by atoms with Gasteiger partial charge >= 0.3 is 5.97 Å². The van der Waals surface area contributed by atoms with Crippen molar-refractivity contribution < 1.29 is 15.0 Å². The van der Waals surface area contributed by atoms with Crippen molar-refractivity contribution in [3.8, 4) is 0 Å². The van der Waals surface area contributed by atoms with Gasteiger partial charge in [-0.25, -0.2) is 9.78 Å². The van der Waals surface area contributed by atoms with Crippen molar-refractivity contribution in [1.29, 1.82) is 0 Å². The highest BCUT2D eigenvalue weighted by Crippen LogP contribution is 2.24. The fourth-order valence-electron chi connectivity index (χ4n) is 2.86. The molecular weight excluding hydrogens is 348 g/mol. The largest absolute Gasteiger partial charge is 0.477 e. The lowest BCUT2D eigenvalue weighted by Crippen LogP contribution is -2.21. The molecule has 0 atom stereocenters. The van der Waals surface area contributed by atoms with Gasteiger partial charge in [0.05, 0.1) is 17.7 Å². The van der Waals surface area contributed by atoms with Gasteiger partial charge in [0.1, 0.15) is 11.2 Å². The van der Waals surface area contributed by atoms with Crippen LogP contribution in [0.3, 0.4) is 0 Å². The molecule has 0 aliphatic carbocycles. The Bertz CT molecular complexity index is 1030. The third kappa shape index (κ3) is 3.75. The van der Waals surface area contributed by atoms with Crippen LogP contribution in [0.25, 0.3) is 11.0 Å². The van der Waals surface area contributed by atoms with E-state index in [0.29, 0.717) is 23.7 Å². The number of pyridine rings is 2. The topological polar surface area (TPSA) is 116 Å². The van der Waals surface area contributed by atoms with Gasteiger partial charge < -0.3 is 25.4 Å². The highest BCUT2D eigenvalue weighted by atomic mass is 16.4. The molecule has 27 heavy (non-hydrogen) atoms. The van der Waals surface area contributed by atoms with Crippen LogP contribution in [0.2, 0.25) is 0 Å². The predicted molar refractivity (Wildman–Crippen MR) is 103 cm³/mol. The number of nitrogens with one attached hydrogen (secondary N) is 2. The van der Waals surface area contributed by atoms with E-state index in [9.17, 15) is 19.8 Å². The molecule has 0 spiro atoms. The number of benzene rings is 1. The van der Waals surface area contributed by atoms with Crippen LogP contribution >= 0.6 is 0 Å². The van der Waals surface area contributed by atoms with Crippen molar-refractivity contribution in [2.45, 2.75) is 13.1 Å². The van der Waals surface area contributed by atoms with Crippen LogP contribution < -0.4 is 16.1 Å². The summed E-state index contributed by atoms with van der Waals surface area (Å²) in [7, 11) is 1.71. The highest BCUT2D eigenvalue weighted by molar-refractivity contribution is 5.93. The molecule has 0 aliphatic rings. The summed E-state index contributed by atoms with van der Waals surface area (Å²) in [6.45, 7) is 0.442. The van der Waals surface area contributed by atoms with Gasteiger partial charge in [-0.05, 0) is 11.6 Å². The maximum atomic E-state index is 12.6. The summed E-state index contributed by atoms with van der Waals surface area (Å²) in [5.74, 6) is -0.794. The molecule has 3 rings (SSSR count). The number of carboxylic acids is 1. The molecule has 0 saturated carbocycles. The van der Waals surface area contributed by atoms with Crippen LogP contribution in [0.15, 0.2) is 47.4 Å². The quantitative estimate of drug-likeness (QED) is 0.502. The van der Waals surface area contributed by atoms with Gasteiger partial charge in [0.15, 0.2) is 5.82 Å². The van der Waals surface area contributed by atoms with Gasteiger partial charge in [-0.3, -0.25) is 4.79 Å². The molecule has 140 valence electrons. The molecular formula is C19H20N4O4. The van der Waals surface area contributed by atoms with E-state index >= 15 is 0 Å². The number of hydrogen-bond donors (Lipinski definition) is 4. The molecule has 2 aromatic heterocycles. The number of aliphatic hydroxyl groups is 1. The molecule has 2 heterocycles. The lowest BCUT2D eigenvalue weighted by Gasteiger charge is -2.15. The minimum atomic E-state index is -1.31. The van der Waals surface area contributed by atoms with Crippen LogP contribution in [0, 0.1) is 0 Å². The van der Waals surface area contributed by atoms with E-state index in [1.165, 1.54) is 10.8 Å². The number of fused-ring (bicyclic) bond motifs is 1. The zero-order valence-electron chi connectivity index (χ0n) is 14.8. The molecule has 1 aromatic carbocycles. The average Bonchev–Trinajstić information content (AvgIpc) is 2.68. The maximum absolute atomic E-state index is 12.6. The van der Waals surface area contributed by atoms with Gasteiger partial charge in [-0.1, -0.05) is 30.3 Å². The van der Waals surface area contributed by atoms with Crippen molar-refractivity contribution in [2.24, 2.45) is 0 Å². The maximum Gasteiger partial charge on any atom is 0.341 e. The summed E-state index contributed by atoms with van der Waals surface area (Å²) in [5, 5.41) is 25.0. The number of anilines is 2. The number of carboxylic acid groups (broad SMARTS) is 1. The Morgan fingerprint density at radius 3 is 2.63 bits per heavy atom. The molecule has 0 bridgehead atoms. The molecule has 0 radical (unpaired) electrons. The first-order valence-corrected chi connectivity index (χ1v) is 8.43. The van der Waals surface area contributed by atoms with Crippen LogP contribution in [0.5, 0.6) is 0 Å². The third-order valence-corrected chi connectivity index (χ3v) is 4.18. The number of rotatable bonds is 7. The lowest BCUT2D eigenvalue weighted by molar-refractivity contribution is 0.0694. The molecule has 0 unspecified atom stereocenters. The number of aromatic carboxylic acids is 1. The Morgan fingerprint density at radius 2 is 2.00 bits per heavy atom. The van der Waals surface area contributed by atoms with E-state index in [0.717, 1.165) is 5.56 Å². The molecule has 0 aliphatic heterocycles. The Hall–Kier alpha value is -3.39. The van der Waals surface area contributed by atoms with Crippen LogP contribution in [0.1, 0.15) is 15.9 Å². The van der Waals surface area contributed by atoms with Crippen LogP contribution in [0.4, 0.5) is 11.5 Å². The zero-order chi connectivity index (χ0) is 19.4. The zero-order valence-corrected chi connectivity index (χ0v) is 14.8. The number of aliphatic hydroxyl groups excluding tert-OH is 1. The summed E-state index contributed by atoms with van der Waals surface area (Å²) in [6.07, 6.45) is 1.22. The van der Waals surface area contributed by atoms with E-state index in [1.54, 1.807) is 13.1 Å². The monoisotopic (exact) mass is 368 g/mol. The van der Waals surface area contributed by atoms with Gasteiger partial charge in [0, 0.05) is 26.3 Å². The minimum Gasteiger partial charge on any atom is -0.477 e. The molecule has 0 fully saturated rings. The van der Waals surface area contributed by atoms with E-state index in [2.05, 4.69) is 15.6 Å². The molecule has 4 N–H and O–H groups in total. The Kier molecular flexibility index (Phi) is 5.37. The third-order valence-electron chi connectivity index (χ3n) is 4.18. The van der Waals surface area contributed by atoms with Gasteiger partial charge in [-0.2, -0.15) is 0 Å². The van der Waals surface area contributed by atoms with E-state index in [1.807, 2.05) is 30.3 Å². The van der Waals surface area contributed by atoms with Gasteiger partial charge in [0.25, 0.3) is 0 Å².